The van der Waals surface area contributed by atoms with Crippen molar-refractivity contribution in [3.05, 3.63) is 28.8 Å². The fourth-order valence-corrected chi connectivity index (χ4v) is 2.07. The van der Waals surface area contributed by atoms with Gasteiger partial charge in [0, 0.05) is 5.69 Å². The van der Waals surface area contributed by atoms with Gasteiger partial charge in [0.1, 0.15) is 0 Å². The second-order valence-corrected chi connectivity index (χ2v) is 3.70. The lowest BCUT2D eigenvalue weighted by Gasteiger charge is -2.18. The van der Waals surface area contributed by atoms with Gasteiger partial charge in [-0.15, -0.1) is 0 Å². The minimum Gasteiger partial charge on any atom is -0.398 e. The quantitative estimate of drug-likeness (QED) is 0.581. The number of hydrogen-bond acceptors (Lipinski definition) is 1. The van der Waals surface area contributed by atoms with E-state index in [9.17, 15) is 0 Å². The highest BCUT2D eigenvalue weighted by Crippen LogP contribution is 2.27. The van der Waals surface area contributed by atoms with Crippen LogP contribution in [0.1, 0.15) is 29.5 Å². The monoisotopic (exact) mass is 161 g/mol. The number of rotatable bonds is 0. The maximum atomic E-state index is 5.94. The number of anilines is 1. The first-order chi connectivity index (χ1) is 5.77. The van der Waals surface area contributed by atoms with E-state index in [0.717, 1.165) is 5.69 Å². The van der Waals surface area contributed by atoms with Crippen molar-refractivity contribution in [2.75, 3.05) is 5.73 Å². The maximum Gasteiger partial charge on any atom is 0.0351 e. The fourth-order valence-electron chi connectivity index (χ4n) is 2.07. The van der Waals surface area contributed by atoms with E-state index in [0.29, 0.717) is 0 Å². The molecule has 1 aromatic rings. The summed E-state index contributed by atoms with van der Waals surface area (Å²) in [5.41, 5.74) is 11.1. The fraction of sp³-hybridized carbons (Fsp3) is 0.455. The molecule has 1 aromatic carbocycles. The van der Waals surface area contributed by atoms with Gasteiger partial charge in [-0.05, 0) is 55.4 Å². The first-order valence-electron chi connectivity index (χ1n) is 4.65. The van der Waals surface area contributed by atoms with Crippen LogP contribution in [0.25, 0.3) is 0 Å². The summed E-state index contributed by atoms with van der Waals surface area (Å²) >= 11 is 0. The Morgan fingerprint density at radius 3 is 2.75 bits per heavy atom. The number of fused-ring (bicyclic) bond motifs is 1. The van der Waals surface area contributed by atoms with Crippen LogP contribution in [0.3, 0.4) is 0 Å². The van der Waals surface area contributed by atoms with Gasteiger partial charge in [-0.1, -0.05) is 6.07 Å². The Morgan fingerprint density at radius 1 is 1.17 bits per heavy atom. The Bertz CT molecular complexity index is 302. The van der Waals surface area contributed by atoms with E-state index in [2.05, 4.69) is 19.1 Å². The third kappa shape index (κ3) is 1.20. The second kappa shape index (κ2) is 2.81. The normalized spacial score (nSPS) is 15.8. The predicted molar refractivity (Wildman–Crippen MR) is 52.2 cm³/mol. The third-order valence-corrected chi connectivity index (χ3v) is 2.64. The Morgan fingerprint density at radius 2 is 1.92 bits per heavy atom. The van der Waals surface area contributed by atoms with E-state index in [1.54, 1.807) is 0 Å². The van der Waals surface area contributed by atoms with Gasteiger partial charge in [0.05, 0.1) is 0 Å². The second-order valence-electron chi connectivity index (χ2n) is 3.70. The van der Waals surface area contributed by atoms with Crippen LogP contribution in [0, 0.1) is 6.92 Å². The lowest BCUT2D eigenvalue weighted by Crippen LogP contribution is -2.06. The van der Waals surface area contributed by atoms with Gasteiger partial charge in [0.15, 0.2) is 0 Å². The molecule has 0 unspecified atom stereocenters. The molecular weight excluding hydrogens is 146 g/mol. The molecule has 0 saturated carbocycles. The first kappa shape index (κ1) is 7.66. The molecule has 1 nitrogen and oxygen atoms in total. The topological polar surface area (TPSA) is 26.0 Å². The highest BCUT2D eigenvalue weighted by Gasteiger charge is 2.11. The van der Waals surface area contributed by atoms with E-state index in [4.69, 9.17) is 5.73 Å². The molecule has 0 bridgehead atoms. The third-order valence-electron chi connectivity index (χ3n) is 2.64. The molecule has 0 fully saturated rings. The number of aryl methyl sites for hydroxylation is 2. The van der Waals surface area contributed by atoms with Crippen LogP contribution in [0.15, 0.2) is 12.1 Å². The van der Waals surface area contributed by atoms with E-state index >= 15 is 0 Å². The molecular formula is C11H15N. The average Bonchev–Trinajstić information content (AvgIpc) is 2.04. The summed E-state index contributed by atoms with van der Waals surface area (Å²) < 4.78 is 0. The molecule has 0 aliphatic heterocycles. The van der Waals surface area contributed by atoms with Crippen LogP contribution in [-0.2, 0) is 12.8 Å². The van der Waals surface area contributed by atoms with Crippen molar-refractivity contribution < 1.29 is 0 Å². The summed E-state index contributed by atoms with van der Waals surface area (Å²) in [5.74, 6) is 0. The SMILES string of the molecule is Cc1cc(N)c2c(c1)CCCC2. The van der Waals surface area contributed by atoms with Crippen LogP contribution in [-0.4, -0.2) is 0 Å². The molecule has 1 aliphatic carbocycles. The van der Waals surface area contributed by atoms with Crippen LogP contribution in [0.4, 0.5) is 5.69 Å². The Labute approximate surface area is 73.6 Å². The highest BCUT2D eigenvalue weighted by atomic mass is 14.6. The van der Waals surface area contributed by atoms with Crippen molar-refractivity contribution in [2.24, 2.45) is 0 Å². The van der Waals surface area contributed by atoms with Gasteiger partial charge in [-0.2, -0.15) is 0 Å². The molecule has 0 heterocycles. The summed E-state index contributed by atoms with van der Waals surface area (Å²) in [5, 5.41) is 0. The van der Waals surface area contributed by atoms with E-state index < -0.39 is 0 Å². The van der Waals surface area contributed by atoms with Crippen molar-refractivity contribution >= 4 is 5.69 Å². The zero-order valence-corrected chi connectivity index (χ0v) is 7.56. The van der Waals surface area contributed by atoms with Gasteiger partial charge < -0.3 is 5.73 Å². The molecule has 64 valence electrons. The standard InChI is InChI=1S/C11H15N/c1-8-6-9-4-2-3-5-10(9)11(12)7-8/h6-7H,2-5,12H2,1H3. The lowest BCUT2D eigenvalue weighted by molar-refractivity contribution is 0.686. The molecule has 1 heteroatoms. The van der Waals surface area contributed by atoms with Gasteiger partial charge in [0.25, 0.3) is 0 Å². The highest BCUT2D eigenvalue weighted by molar-refractivity contribution is 5.54. The van der Waals surface area contributed by atoms with Gasteiger partial charge >= 0.3 is 0 Å². The largest absolute Gasteiger partial charge is 0.398 e. The summed E-state index contributed by atoms with van der Waals surface area (Å²) in [7, 11) is 0. The van der Waals surface area contributed by atoms with Gasteiger partial charge in [-0.25, -0.2) is 0 Å². The van der Waals surface area contributed by atoms with Crippen molar-refractivity contribution in [1.82, 2.24) is 0 Å². The average molecular weight is 161 g/mol. The van der Waals surface area contributed by atoms with Gasteiger partial charge in [-0.3, -0.25) is 0 Å². The minimum absolute atomic E-state index is 1.00. The van der Waals surface area contributed by atoms with Crippen molar-refractivity contribution in [3.8, 4) is 0 Å². The minimum atomic E-state index is 1.00. The molecule has 2 N–H and O–H groups in total. The Kier molecular flexibility index (Phi) is 1.80. The summed E-state index contributed by atoms with van der Waals surface area (Å²) in [6.07, 6.45) is 5.04. The molecule has 1 aliphatic rings. The van der Waals surface area contributed by atoms with Gasteiger partial charge in [0.2, 0.25) is 0 Å². The molecule has 0 amide bonds. The molecule has 0 spiro atoms. The molecule has 12 heavy (non-hydrogen) atoms. The molecule has 0 radical (unpaired) electrons. The van der Waals surface area contributed by atoms with E-state index in [1.807, 2.05) is 0 Å². The predicted octanol–water partition coefficient (Wildman–Crippen LogP) is 2.46. The van der Waals surface area contributed by atoms with Crippen molar-refractivity contribution in [1.29, 1.82) is 0 Å². The van der Waals surface area contributed by atoms with E-state index in [1.165, 1.54) is 42.4 Å². The van der Waals surface area contributed by atoms with Crippen LogP contribution in [0.2, 0.25) is 0 Å². The number of hydrogen-bond donors (Lipinski definition) is 1. The van der Waals surface area contributed by atoms with Crippen molar-refractivity contribution in [3.63, 3.8) is 0 Å². The number of benzene rings is 1. The first-order valence-corrected chi connectivity index (χ1v) is 4.65. The van der Waals surface area contributed by atoms with Crippen LogP contribution in [0.5, 0.6) is 0 Å². The van der Waals surface area contributed by atoms with E-state index in [-0.39, 0.29) is 0 Å². The molecule has 2 rings (SSSR count). The summed E-state index contributed by atoms with van der Waals surface area (Å²) in [6.45, 7) is 2.12. The Balaban J connectivity index is 2.53. The van der Waals surface area contributed by atoms with Crippen LogP contribution < -0.4 is 5.73 Å². The summed E-state index contributed by atoms with van der Waals surface area (Å²) in [6, 6.07) is 4.37. The molecule has 0 atom stereocenters. The number of nitrogen functional groups attached to an aromatic ring is 1. The molecule has 0 aromatic heterocycles. The van der Waals surface area contributed by atoms with Crippen molar-refractivity contribution in [2.45, 2.75) is 32.6 Å². The summed E-state index contributed by atoms with van der Waals surface area (Å²) in [4.78, 5) is 0. The lowest BCUT2D eigenvalue weighted by atomic mass is 9.89. The smallest absolute Gasteiger partial charge is 0.0351 e. The Hall–Kier alpha value is -0.980. The maximum absolute atomic E-state index is 5.94. The zero-order valence-electron chi connectivity index (χ0n) is 7.56. The molecule has 0 saturated heterocycles. The van der Waals surface area contributed by atoms with Crippen LogP contribution >= 0.6 is 0 Å². The zero-order chi connectivity index (χ0) is 8.55. The number of nitrogens with two attached hydrogens (primary N) is 1.